The predicted molar refractivity (Wildman–Crippen MR) is 80.0 cm³/mol. The van der Waals surface area contributed by atoms with Crippen LogP contribution in [-0.4, -0.2) is 42.5 Å². The molecule has 1 aliphatic rings. The standard InChI is InChI=1S/C13H20ClN3O3S/c1-8(2)10-12(21(14,19)20)11(16-15-10)13(18)17-6-4-5-9(3)7-17/h8-9H,4-7H2,1-3H3,(H,15,16). The highest BCUT2D eigenvalue weighted by Crippen LogP contribution is 2.29. The molecule has 0 saturated carbocycles. The number of nitrogens with one attached hydrogen (secondary N) is 1. The number of nitrogens with zero attached hydrogens (tertiary/aromatic N) is 2. The Hall–Kier alpha value is -1.08. The van der Waals surface area contributed by atoms with E-state index >= 15 is 0 Å². The Morgan fingerprint density at radius 1 is 1.48 bits per heavy atom. The zero-order valence-corrected chi connectivity index (χ0v) is 14.0. The van der Waals surface area contributed by atoms with Gasteiger partial charge in [0.05, 0.1) is 5.69 Å². The van der Waals surface area contributed by atoms with Crippen LogP contribution in [0.2, 0.25) is 0 Å². The first kappa shape index (κ1) is 16.3. The number of carbonyl (C=O) groups is 1. The van der Waals surface area contributed by atoms with E-state index in [-0.39, 0.29) is 22.4 Å². The molecule has 1 amide bonds. The van der Waals surface area contributed by atoms with Crippen LogP contribution >= 0.6 is 10.7 Å². The summed E-state index contributed by atoms with van der Waals surface area (Å²) in [5.74, 6) is -0.0888. The second-order valence-corrected chi connectivity index (χ2v) is 8.41. The van der Waals surface area contributed by atoms with Crippen LogP contribution in [-0.2, 0) is 9.05 Å². The van der Waals surface area contributed by atoms with E-state index in [0.29, 0.717) is 24.7 Å². The van der Waals surface area contributed by atoms with Crippen LogP contribution < -0.4 is 0 Å². The van der Waals surface area contributed by atoms with Crippen LogP contribution in [0.25, 0.3) is 0 Å². The molecule has 1 aromatic rings. The van der Waals surface area contributed by atoms with Crippen LogP contribution in [0.4, 0.5) is 0 Å². The van der Waals surface area contributed by atoms with E-state index in [9.17, 15) is 13.2 Å². The van der Waals surface area contributed by atoms with E-state index < -0.39 is 9.05 Å². The number of likely N-dealkylation sites (tertiary alicyclic amines) is 1. The lowest BCUT2D eigenvalue weighted by Gasteiger charge is -2.30. The van der Waals surface area contributed by atoms with E-state index in [1.807, 2.05) is 13.8 Å². The third-order valence-electron chi connectivity index (χ3n) is 3.72. The zero-order chi connectivity index (χ0) is 15.8. The summed E-state index contributed by atoms with van der Waals surface area (Å²) in [6.45, 7) is 6.94. The smallest absolute Gasteiger partial charge is 0.275 e. The third kappa shape index (κ3) is 3.40. The van der Waals surface area contributed by atoms with Gasteiger partial charge >= 0.3 is 0 Å². The molecule has 1 N–H and O–H groups in total. The number of aromatic amines is 1. The Labute approximate surface area is 129 Å². The Morgan fingerprint density at radius 3 is 2.67 bits per heavy atom. The van der Waals surface area contributed by atoms with E-state index in [2.05, 4.69) is 17.1 Å². The second kappa shape index (κ2) is 5.96. The number of hydrogen-bond acceptors (Lipinski definition) is 4. The summed E-state index contributed by atoms with van der Waals surface area (Å²) in [5, 5.41) is 6.57. The largest absolute Gasteiger partial charge is 0.337 e. The van der Waals surface area contributed by atoms with Crippen LogP contribution in [0.1, 0.15) is 55.7 Å². The zero-order valence-electron chi connectivity index (χ0n) is 12.4. The van der Waals surface area contributed by atoms with Crippen LogP contribution in [0, 0.1) is 5.92 Å². The van der Waals surface area contributed by atoms with Gasteiger partial charge in [0.15, 0.2) is 5.69 Å². The van der Waals surface area contributed by atoms with Crippen molar-refractivity contribution in [2.45, 2.75) is 44.4 Å². The van der Waals surface area contributed by atoms with Gasteiger partial charge in [0.2, 0.25) is 0 Å². The highest BCUT2D eigenvalue weighted by Gasteiger charge is 2.33. The Bertz CT molecular complexity index is 639. The Morgan fingerprint density at radius 2 is 2.14 bits per heavy atom. The molecule has 1 saturated heterocycles. The topological polar surface area (TPSA) is 83.1 Å². The molecule has 6 nitrogen and oxygen atoms in total. The average Bonchev–Trinajstić information content (AvgIpc) is 2.82. The minimum Gasteiger partial charge on any atom is -0.337 e. The number of carbonyl (C=O) groups excluding carboxylic acids is 1. The lowest BCUT2D eigenvalue weighted by atomic mass is 10.00. The number of piperidine rings is 1. The summed E-state index contributed by atoms with van der Waals surface area (Å²) < 4.78 is 23.7. The quantitative estimate of drug-likeness (QED) is 0.860. The molecule has 1 fully saturated rings. The molecule has 0 bridgehead atoms. The van der Waals surface area contributed by atoms with Gasteiger partial charge in [-0.15, -0.1) is 0 Å². The molecule has 8 heteroatoms. The molecule has 21 heavy (non-hydrogen) atoms. The molecule has 1 aromatic heterocycles. The molecule has 0 aliphatic carbocycles. The molecular formula is C13H20ClN3O3S. The van der Waals surface area contributed by atoms with E-state index in [1.165, 1.54) is 0 Å². The first-order valence-corrected chi connectivity index (χ1v) is 9.35. The maximum absolute atomic E-state index is 12.6. The van der Waals surface area contributed by atoms with Crippen molar-refractivity contribution in [1.82, 2.24) is 15.1 Å². The van der Waals surface area contributed by atoms with Crippen molar-refractivity contribution in [3.63, 3.8) is 0 Å². The third-order valence-corrected chi connectivity index (χ3v) is 5.08. The first-order chi connectivity index (χ1) is 9.71. The fourth-order valence-corrected chi connectivity index (χ4v) is 4.03. The molecule has 1 aliphatic heterocycles. The van der Waals surface area contributed by atoms with Gasteiger partial charge in [0.25, 0.3) is 15.0 Å². The molecule has 0 radical (unpaired) electrons. The number of aromatic nitrogens is 2. The Balaban J connectivity index is 2.42. The van der Waals surface area contributed by atoms with Gasteiger partial charge in [-0.25, -0.2) is 8.42 Å². The minimum atomic E-state index is -4.03. The summed E-state index contributed by atoms with van der Waals surface area (Å²) in [4.78, 5) is 14.0. The normalized spacial score (nSPS) is 20.0. The van der Waals surface area contributed by atoms with Gasteiger partial charge in [-0.1, -0.05) is 20.8 Å². The maximum Gasteiger partial charge on any atom is 0.275 e. The van der Waals surface area contributed by atoms with Gasteiger partial charge in [0.1, 0.15) is 4.90 Å². The minimum absolute atomic E-state index is 0.0946. The highest BCUT2D eigenvalue weighted by atomic mass is 35.7. The fraction of sp³-hybridized carbons (Fsp3) is 0.692. The molecule has 118 valence electrons. The van der Waals surface area contributed by atoms with Gasteiger partial charge < -0.3 is 4.90 Å². The molecule has 0 aromatic carbocycles. The van der Waals surface area contributed by atoms with Crippen molar-refractivity contribution in [2.75, 3.05) is 13.1 Å². The lowest BCUT2D eigenvalue weighted by molar-refractivity contribution is 0.0673. The number of rotatable bonds is 3. The van der Waals surface area contributed by atoms with Crippen molar-refractivity contribution in [2.24, 2.45) is 5.92 Å². The summed E-state index contributed by atoms with van der Waals surface area (Å²) in [6.07, 6.45) is 1.99. The average molecular weight is 334 g/mol. The van der Waals surface area contributed by atoms with Crippen molar-refractivity contribution >= 4 is 25.6 Å². The van der Waals surface area contributed by atoms with Crippen molar-refractivity contribution in [1.29, 1.82) is 0 Å². The van der Waals surface area contributed by atoms with E-state index in [0.717, 1.165) is 12.8 Å². The van der Waals surface area contributed by atoms with E-state index in [1.54, 1.807) is 4.90 Å². The fourth-order valence-electron chi connectivity index (χ4n) is 2.65. The Kier molecular flexibility index (Phi) is 4.63. The van der Waals surface area contributed by atoms with Gasteiger partial charge in [-0.3, -0.25) is 9.89 Å². The highest BCUT2D eigenvalue weighted by molar-refractivity contribution is 8.13. The molecular weight excluding hydrogens is 314 g/mol. The summed E-state index contributed by atoms with van der Waals surface area (Å²) in [6, 6.07) is 0. The molecule has 0 spiro atoms. The van der Waals surface area contributed by atoms with Crippen molar-refractivity contribution in [3.05, 3.63) is 11.4 Å². The molecule has 1 atom stereocenters. The summed E-state index contributed by atoms with van der Waals surface area (Å²) in [7, 11) is 1.48. The molecule has 2 rings (SSSR count). The monoisotopic (exact) mass is 333 g/mol. The number of amides is 1. The summed E-state index contributed by atoms with van der Waals surface area (Å²) >= 11 is 0. The number of hydrogen-bond donors (Lipinski definition) is 1. The number of halogens is 1. The van der Waals surface area contributed by atoms with Crippen LogP contribution in [0.5, 0.6) is 0 Å². The second-order valence-electron chi connectivity index (χ2n) is 5.91. The summed E-state index contributed by atoms with van der Waals surface area (Å²) in [5.41, 5.74) is 0.279. The van der Waals surface area contributed by atoms with Crippen LogP contribution in [0.15, 0.2) is 4.90 Å². The molecule has 2 heterocycles. The molecule has 1 unspecified atom stereocenters. The van der Waals surface area contributed by atoms with Gasteiger partial charge in [-0.2, -0.15) is 5.10 Å². The first-order valence-electron chi connectivity index (χ1n) is 7.04. The van der Waals surface area contributed by atoms with Crippen molar-refractivity contribution in [3.8, 4) is 0 Å². The number of H-pyrrole nitrogens is 1. The van der Waals surface area contributed by atoms with Crippen LogP contribution in [0.3, 0.4) is 0 Å². The van der Waals surface area contributed by atoms with Crippen molar-refractivity contribution < 1.29 is 13.2 Å². The van der Waals surface area contributed by atoms with E-state index in [4.69, 9.17) is 10.7 Å². The predicted octanol–water partition coefficient (Wildman–Crippen LogP) is 2.33. The van der Waals surface area contributed by atoms with Gasteiger partial charge in [0, 0.05) is 23.8 Å². The SMILES string of the molecule is CC1CCCN(C(=O)c2n[nH]c(C(C)C)c2S(=O)(=O)Cl)C1. The maximum atomic E-state index is 12.6. The lowest BCUT2D eigenvalue weighted by Crippen LogP contribution is -2.39. The van der Waals surface area contributed by atoms with Gasteiger partial charge in [-0.05, 0) is 24.7 Å².